The van der Waals surface area contributed by atoms with E-state index >= 15 is 0 Å². The number of hydrogen-bond donors (Lipinski definition) is 1. The first kappa shape index (κ1) is 18.3. The number of nitrogens with zero attached hydrogens (tertiary/aromatic N) is 2. The molecule has 1 N–H and O–H groups in total. The Morgan fingerprint density at radius 3 is 2.56 bits per heavy atom. The van der Waals surface area contributed by atoms with Crippen LogP contribution in [-0.4, -0.2) is 41.1 Å². The van der Waals surface area contributed by atoms with Gasteiger partial charge in [0.1, 0.15) is 29.6 Å². The van der Waals surface area contributed by atoms with Crippen molar-refractivity contribution in [1.29, 1.82) is 0 Å². The fourth-order valence-electron chi connectivity index (χ4n) is 2.42. The molecule has 1 amide bonds. The van der Waals surface area contributed by atoms with E-state index < -0.39 is 0 Å². The van der Waals surface area contributed by atoms with Gasteiger partial charge in [-0.15, -0.1) is 0 Å². The summed E-state index contributed by atoms with van der Waals surface area (Å²) in [5, 5.41) is 9.28. The molecular weight excluding hydrogens is 344 g/mol. The van der Waals surface area contributed by atoms with Crippen molar-refractivity contribution < 1.29 is 19.4 Å². The van der Waals surface area contributed by atoms with E-state index in [0.717, 1.165) is 0 Å². The van der Waals surface area contributed by atoms with Crippen LogP contribution in [0, 0.1) is 0 Å². The predicted octanol–water partition coefficient (Wildman–Crippen LogP) is 3.73. The van der Waals surface area contributed by atoms with E-state index in [0.29, 0.717) is 36.0 Å². The molecule has 27 heavy (non-hydrogen) atoms. The Balaban J connectivity index is 1.62. The number of pyridine rings is 1. The number of phenols is 1. The van der Waals surface area contributed by atoms with E-state index in [1.54, 1.807) is 78.9 Å². The molecule has 3 rings (SSSR count). The number of ether oxygens (including phenoxy) is 2. The molecule has 0 radical (unpaired) electrons. The van der Waals surface area contributed by atoms with Crippen LogP contribution in [0.2, 0.25) is 0 Å². The fourth-order valence-corrected chi connectivity index (χ4v) is 2.42. The van der Waals surface area contributed by atoms with Gasteiger partial charge in [-0.05, 0) is 48.5 Å². The fraction of sp³-hybridized carbons (Fsp3) is 0.143. The molecule has 0 saturated heterocycles. The van der Waals surface area contributed by atoms with Crippen molar-refractivity contribution in [3.63, 3.8) is 0 Å². The van der Waals surface area contributed by atoms with Crippen LogP contribution in [0.15, 0.2) is 73.1 Å². The summed E-state index contributed by atoms with van der Waals surface area (Å²) in [6, 6.07) is 17.1. The summed E-state index contributed by atoms with van der Waals surface area (Å²) >= 11 is 0. The van der Waals surface area contributed by atoms with Gasteiger partial charge in [0.2, 0.25) is 0 Å². The van der Waals surface area contributed by atoms with Gasteiger partial charge >= 0.3 is 0 Å². The highest BCUT2D eigenvalue weighted by Gasteiger charge is 2.17. The maximum atomic E-state index is 12.8. The summed E-state index contributed by atoms with van der Waals surface area (Å²) in [7, 11) is 1.71. The standard InChI is InChI=1S/C21H20N2O4/c1-23(13-14-26-17-10-8-16(24)9-11-17)21(25)19-6-2-3-7-20(19)27-18-5-4-12-22-15-18/h2-12,15,24H,13-14H2,1H3. The Hall–Kier alpha value is -3.54. The van der Waals surface area contributed by atoms with E-state index in [2.05, 4.69) is 4.98 Å². The van der Waals surface area contributed by atoms with Crippen molar-refractivity contribution >= 4 is 5.91 Å². The first-order chi connectivity index (χ1) is 13.1. The molecule has 2 aromatic carbocycles. The van der Waals surface area contributed by atoms with Gasteiger partial charge in [0.15, 0.2) is 0 Å². The molecule has 138 valence electrons. The van der Waals surface area contributed by atoms with E-state index in [-0.39, 0.29) is 11.7 Å². The van der Waals surface area contributed by atoms with Crippen LogP contribution in [0.25, 0.3) is 0 Å². The molecular formula is C21H20N2O4. The number of rotatable bonds is 7. The molecule has 0 aliphatic carbocycles. The van der Waals surface area contributed by atoms with Crippen molar-refractivity contribution in [3.05, 3.63) is 78.6 Å². The van der Waals surface area contributed by atoms with Gasteiger partial charge in [0.25, 0.3) is 5.91 Å². The van der Waals surface area contributed by atoms with Crippen LogP contribution < -0.4 is 9.47 Å². The minimum atomic E-state index is -0.163. The van der Waals surface area contributed by atoms with Gasteiger partial charge in [0, 0.05) is 13.2 Å². The van der Waals surface area contributed by atoms with Crippen molar-refractivity contribution in [2.24, 2.45) is 0 Å². The Bertz CT molecular complexity index is 882. The topological polar surface area (TPSA) is 71.9 Å². The lowest BCUT2D eigenvalue weighted by Gasteiger charge is -2.19. The van der Waals surface area contributed by atoms with Gasteiger partial charge in [0.05, 0.1) is 18.3 Å². The first-order valence-electron chi connectivity index (χ1n) is 8.47. The Morgan fingerprint density at radius 1 is 1.04 bits per heavy atom. The summed E-state index contributed by atoms with van der Waals surface area (Å²) in [5.74, 6) is 1.69. The van der Waals surface area contributed by atoms with Gasteiger partial charge < -0.3 is 19.5 Å². The van der Waals surface area contributed by atoms with Gasteiger partial charge in [-0.2, -0.15) is 0 Å². The van der Waals surface area contributed by atoms with Gasteiger partial charge in [-0.1, -0.05) is 12.1 Å². The predicted molar refractivity (Wildman–Crippen MR) is 101 cm³/mol. The molecule has 0 atom stereocenters. The highest BCUT2D eigenvalue weighted by molar-refractivity contribution is 5.96. The van der Waals surface area contributed by atoms with Crippen LogP contribution >= 0.6 is 0 Å². The van der Waals surface area contributed by atoms with Crippen molar-refractivity contribution in [2.75, 3.05) is 20.2 Å². The molecule has 3 aromatic rings. The normalized spacial score (nSPS) is 10.3. The van der Waals surface area contributed by atoms with Gasteiger partial charge in [-0.3, -0.25) is 9.78 Å². The highest BCUT2D eigenvalue weighted by atomic mass is 16.5. The lowest BCUT2D eigenvalue weighted by Crippen LogP contribution is -2.31. The van der Waals surface area contributed by atoms with Crippen LogP contribution in [0.1, 0.15) is 10.4 Å². The second kappa shape index (κ2) is 8.71. The maximum absolute atomic E-state index is 12.8. The third-order valence-electron chi connectivity index (χ3n) is 3.86. The molecule has 6 nitrogen and oxygen atoms in total. The molecule has 0 fully saturated rings. The van der Waals surface area contributed by atoms with Crippen molar-refractivity contribution in [3.8, 4) is 23.0 Å². The second-order valence-electron chi connectivity index (χ2n) is 5.86. The van der Waals surface area contributed by atoms with Crippen LogP contribution in [-0.2, 0) is 0 Å². The number of amides is 1. The molecule has 1 heterocycles. The molecule has 0 unspecified atom stereocenters. The summed E-state index contributed by atoms with van der Waals surface area (Å²) in [5.41, 5.74) is 0.466. The average molecular weight is 364 g/mol. The number of benzene rings is 2. The van der Waals surface area contributed by atoms with E-state index in [4.69, 9.17) is 9.47 Å². The first-order valence-corrected chi connectivity index (χ1v) is 8.47. The average Bonchev–Trinajstić information content (AvgIpc) is 2.70. The lowest BCUT2D eigenvalue weighted by molar-refractivity contribution is 0.0771. The number of aromatic hydroxyl groups is 1. The van der Waals surface area contributed by atoms with Crippen molar-refractivity contribution in [2.45, 2.75) is 0 Å². The number of likely N-dealkylation sites (N-methyl/N-ethyl adjacent to an activating group) is 1. The number of para-hydroxylation sites is 1. The summed E-state index contributed by atoms with van der Waals surface area (Å²) in [4.78, 5) is 18.4. The van der Waals surface area contributed by atoms with E-state index in [1.807, 2.05) is 6.07 Å². The Morgan fingerprint density at radius 2 is 1.81 bits per heavy atom. The summed E-state index contributed by atoms with van der Waals surface area (Å²) in [6.07, 6.45) is 3.25. The minimum absolute atomic E-state index is 0.163. The Kier molecular flexibility index (Phi) is 5.89. The molecule has 0 saturated carbocycles. The number of carbonyl (C=O) groups excluding carboxylic acids is 1. The minimum Gasteiger partial charge on any atom is -0.508 e. The molecule has 0 spiro atoms. The third kappa shape index (κ3) is 4.98. The largest absolute Gasteiger partial charge is 0.508 e. The van der Waals surface area contributed by atoms with Crippen LogP contribution in [0.3, 0.4) is 0 Å². The third-order valence-corrected chi connectivity index (χ3v) is 3.86. The van der Waals surface area contributed by atoms with Crippen LogP contribution in [0.4, 0.5) is 0 Å². The molecule has 0 bridgehead atoms. The molecule has 6 heteroatoms. The Labute approximate surface area is 157 Å². The van der Waals surface area contributed by atoms with E-state index in [9.17, 15) is 9.90 Å². The monoisotopic (exact) mass is 364 g/mol. The zero-order valence-corrected chi connectivity index (χ0v) is 14.9. The SMILES string of the molecule is CN(CCOc1ccc(O)cc1)C(=O)c1ccccc1Oc1cccnc1. The summed E-state index contributed by atoms with van der Waals surface area (Å²) in [6.45, 7) is 0.736. The molecule has 0 aliphatic heterocycles. The quantitative estimate of drug-likeness (QED) is 0.692. The number of aromatic nitrogens is 1. The van der Waals surface area contributed by atoms with Crippen LogP contribution in [0.5, 0.6) is 23.0 Å². The lowest BCUT2D eigenvalue weighted by atomic mass is 10.1. The summed E-state index contributed by atoms with van der Waals surface area (Å²) < 4.78 is 11.4. The maximum Gasteiger partial charge on any atom is 0.257 e. The zero-order valence-electron chi connectivity index (χ0n) is 14.9. The van der Waals surface area contributed by atoms with E-state index in [1.165, 1.54) is 0 Å². The smallest absolute Gasteiger partial charge is 0.257 e. The molecule has 1 aromatic heterocycles. The second-order valence-corrected chi connectivity index (χ2v) is 5.86. The van der Waals surface area contributed by atoms with Gasteiger partial charge in [-0.25, -0.2) is 0 Å². The number of hydrogen-bond acceptors (Lipinski definition) is 5. The number of phenolic OH excluding ortho intramolecular Hbond substituents is 1. The number of carbonyl (C=O) groups is 1. The zero-order chi connectivity index (χ0) is 19.1. The highest BCUT2D eigenvalue weighted by Crippen LogP contribution is 2.25. The molecule has 0 aliphatic rings. The van der Waals surface area contributed by atoms with Crippen molar-refractivity contribution in [1.82, 2.24) is 9.88 Å².